The number of nitro groups is 1. The van der Waals surface area contributed by atoms with Crippen LogP contribution in [0.4, 0.5) is 25.8 Å². The molecule has 0 amide bonds. The Bertz CT molecular complexity index is 1000. The molecule has 1 aliphatic heterocycles. The Morgan fingerprint density at radius 3 is 2.27 bits per heavy atom. The maximum Gasteiger partial charge on any atom is 0.341 e. The fraction of sp³-hybridized carbons (Fsp3) is 0.263. The first-order chi connectivity index (χ1) is 14.2. The van der Waals surface area contributed by atoms with Crippen LogP contribution < -0.4 is 10.2 Å². The zero-order valence-corrected chi connectivity index (χ0v) is 16.7. The van der Waals surface area contributed by atoms with Crippen LogP contribution in [0.5, 0.6) is 0 Å². The third kappa shape index (κ3) is 4.46. The number of aromatic carboxylic acids is 1. The van der Waals surface area contributed by atoms with E-state index in [9.17, 15) is 23.7 Å². The molecule has 2 aromatic carbocycles. The van der Waals surface area contributed by atoms with Crippen LogP contribution in [0.1, 0.15) is 15.9 Å². The predicted molar refractivity (Wildman–Crippen MR) is 111 cm³/mol. The fourth-order valence-electron chi connectivity index (χ4n) is 3.31. The summed E-state index contributed by atoms with van der Waals surface area (Å²) < 4.78 is 27.7. The van der Waals surface area contributed by atoms with Crippen molar-refractivity contribution < 1.29 is 23.6 Å². The second-order valence-corrected chi connectivity index (χ2v) is 7.14. The molecule has 1 aliphatic rings. The number of carboxylic acid groups (broad SMARTS) is 1. The number of carbonyl (C=O) groups is 1. The van der Waals surface area contributed by atoms with Gasteiger partial charge in [-0.25, -0.2) is 13.6 Å². The molecular formula is C19H18F2N4O4S. The van der Waals surface area contributed by atoms with E-state index < -0.39 is 28.1 Å². The van der Waals surface area contributed by atoms with Gasteiger partial charge in [0.1, 0.15) is 17.2 Å². The van der Waals surface area contributed by atoms with Gasteiger partial charge in [-0.3, -0.25) is 10.1 Å². The number of anilines is 2. The number of non-ortho nitro benzene ring substituents is 1. The maximum atomic E-state index is 13.8. The van der Waals surface area contributed by atoms with E-state index in [1.54, 1.807) is 6.07 Å². The lowest BCUT2D eigenvalue weighted by molar-refractivity contribution is -0.384. The third-order valence-corrected chi connectivity index (χ3v) is 5.17. The first-order valence-electron chi connectivity index (χ1n) is 8.95. The lowest BCUT2D eigenvalue weighted by Crippen LogP contribution is -2.50. The molecule has 1 fully saturated rings. The Hall–Kier alpha value is -3.34. The molecule has 158 valence electrons. The van der Waals surface area contributed by atoms with Crippen LogP contribution in [-0.4, -0.2) is 52.2 Å². The van der Waals surface area contributed by atoms with Crippen molar-refractivity contribution in [1.29, 1.82) is 0 Å². The van der Waals surface area contributed by atoms with Gasteiger partial charge in [0.05, 0.1) is 4.92 Å². The van der Waals surface area contributed by atoms with Crippen LogP contribution in [0.3, 0.4) is 0 Å². The molecule has 1 saturated heterocycles. The van der Waals surface area contributed by atoms with Gasteiger partial charge in [-0.2, -0.15) is 0 Å². The number of nitro benzene ring substituents is 1. The van der Waals surface area contributed by atoms with Crippen LogP contribution in [0.2, 0.25) is 0 Å². The molecule has 8 nitrogen and oxygen atoms in total. The smallest absolute Gasteiger partial charge is 0.341 e. The Kier molecular flexibility index (Phi) is 6.11. The highest BCUT2D eigenvalue weighted by Crippen LogP contribution is 2.26. The highest BCUT2D eigenvalue weighted by molar-refractivity contribution is 7.80. The van der Waals surface area contributed by atoms with Crippen molar-refractivity contribution in [3.05, 3.63) is 63.2 Å². The maximum absolute atomic E-state index is 13.8. The van der Waals surface area contributed by atoms with Crippen LogP contribution >= 0.6 is 12.2 Å². The van der Waals surface area contributed by atoms with Crippen LogP contribution in [-0.2, 0) is 0 Å². The molecule has 0 bridgehead atoms. The van der Waals surface area contributed by atoms with Crippen molar-refractivity contribution in [3.8, 4) is 0 Å². The zero-order chi connectivity index (χ0) is 22.0. The molecule has 0 atom stereocenters. The molecule has 0 spiro atoms. The summed E-state index contributed by atoms with van der Waals surface area (Å²) in [6, 6.07) is 6.47. The van der Waals surface area contributed by atoms with Gasteiger partial charge in [0.15, 0.2) is 5.11 Å². The van der Waals surface area contributed by atoms with E-state index in [1.807, 2.05) is 11.8 Å². The predicted octanol–water partition coefficient (Wildman–Crippen LogP) is 3.40. The van der Waals surface area contributed by atoms with Crippen LogP contribution in [0.15, 0.2) is 30.3 Å². The molecule has 1 heterocycles. The van der Waals surface area contributed by atoms with E-state index in [4.69, 9.17) is 17.3 Å². The number of hydrogen-bond acceptors (Lipinski definition) is 5. The number of rotatable bonds is 4. The lowest BCUT2D eigenvalue weighted by atomic mass is 10.1. The normalized spacial score (nSPS) is 13.8. The topological polar surface area (TPSA) is 99.0 Å². The molecule has 0 saturated carbocycles. The molecule has 2 aromatic rings. The van der Waals surface area contributed by atoms with E-state index in [0.717, 1.165) is 23.4 Å². The summed E-state index contributed by atoms with van der Waals surface area (Å²) >= 11 is 5.31. The average Bonchev–Trinajstić information content (AvgIpc) is 2.67. The van der Waals surface area contributed by atoms with Crippen molar-refractivity contribution in [1.82, 2.24) is 4.90 Å². The highest BCUT2D eigenvalue weighted by Gasteiger charge is 2.23. The summed E-state index contributed by atoms with van der Waals surface area (Å²) in [5, 5.41) is 22.7. The van der Waals surface area contributed by atoms with E-state index in [2.05, 4.69) is 10.2 Å². The molecule has 0 unspecified atom stereocenters. The number of hydrogen-bond donors (Lipinski definition) is 2. The Balaban J connectivity index is 1.63. The van der Waals surface area contributed by atoms with E-state index >= 15 is 0 Å². The SMILES string of the molecule is Cc1cc([N+](=O)[O-])ccc1N1CCN(C(=S)Nc2cc(F)c(C(=O)O)c(F)c2)CC1. The minimum absolute atomic E-state index is 0.0219. The number of nitrogens with zero attached hydrogens (tertiary/aromatic N) is 3. The average molecular weight is 436 g/mol. The van der Waals surface area contributed by atoms with Gasteiger partial charge in [0, 0.05) is 49.7 Å². The number of carboxylic acids is 1. The summed E-state index contributed by atoms with van der Waals surface area (Å²) in [7, 11) is 0. The summed E-state index contributed by atoms with van der Waals surface area (Å²) in [4.78, 5) is 25.2. The van der Waals surface area contributed by atoms with Crippen molar-refractivity contribution in [2.45, 2.75) is 6.92 Å². The number of piperazine rings is 1. The number of aryl methyl sites for hydroxylation is 1. The van der Waals surface area contributed by atoms with E-state index in [1.165, 1.54) is 12.1 Å². The van der Waals surface area contributed by atoms with Gasteiger partial charge in [-0.1, -0.05) is 0 Å². The van der Waals surface area contributed by atoms with Gasteiger partial charge in [0.2, 0.25) is 0 Å². The molecule has 2 N–H and O–H groups in total. The summed E-state index contributed by atoms with van der Waals surface area (Å²) in [5.74, 6) is -4.06. The number of benzene rings is 2. The van der Waals surface area contributed by atoms with Gasteiger partial charge >= 0.3 is 5.97 Å². The van der Waals surface area contributed by atoms with Crippen LogP contribution in [0, 0.1) is 28.7 Å². The van der Waals surface area contributed by atoms with E-state index in [0.29, 0.717) is 26.2 Å². The number of nitrogens with one attached hydrogen (secondary N) is 1. The minimum Gasteiger partial charge on any atom is -0.477 e. The van der Waals surface area contributed by atoms with Gasteiger partial charge in [-0.15, -0.1) is 0 Å². The Morgan fingerprint density at radius 1 is 1.17 bits per heavy atom. The minimum atomic E-state index is -1.68. The van der Waals surface area contributed by atoms with Crippen molar-refractivity contribution >= 4 is 40.4 Å². The second-order valence-electron chi connectivity index (χ2n) is 6.75. The first kappa shape index (κ1) is 21.4. The van der Waals surface area contributed by atoms with E-state index in [-0.39, 0.29) is 16.5 Å². The second kappa shape index (κ2) is 8.57. The standard InChI is InChI=1S/C19H18F2N4O4S/c1-11-8-13(25(28)29)2-3-16(11)23-4-6-24(7-5-23)19(30)22-12-9-14(20)17(18(26)27)15(21)10-12/h2-3,8-10H,4-7H2,1H3,(H,22,30)(H,26,27). The van der Waals surface area contributed by atoms with Crippen molar-refractivity contribution in [2.24, 2.45) is 0 Å². The molecule has 30 heavy (non-hydrogen) atoms. The van der Waals surface area contributed by atoms with Gasteiger partial charge in [0.25, 0.3) is 5.69 Å². The van der Waals surface area contributed by atoms with Crippen molar-refractivity contribution in [2.75, 3.05) is 36.4 Å². The Morgan fingerprint density at radius 2 is 1.77 bits per heavy atom. The van der Waals surface area contributed by atoms with Crippen LogP contribution in [0.25, 0.3) is 0 Å². The highest BCUT2D eigenvalue weighted by atomic mass is 32.1. The quantitative estimate of drug-likeness (QED) is 0.428. The first-order valence-corrected chi connectivity index (χ1v) is 9.36. The number of halogens is 2. The molecule has 11 heteroatoms. The molecule has 0 radical (unpaired) electrons. The lowest BCUT2D eigenvalue weighted by Gasteiger charge is -2.38. The Labute approximate surface area is 175 Å². The van der Waals surface area contributed by atoms with Gasteiger partial charge in [-0.05, 0) is 42.9 Å². The molecule has 0 aliphatic carbocycles. The number of thiocarbonyl (C=S) groups is 1. The van der Waals surface area contributed by atoms with Gasteiger partial charge < -0.3 is 20.2 Å². The molecule has 3 rings (SSSR count). The molecular weight excluding hydrogens is 418 g/mol. The zero-order valence-electron chi connectivity index (χ0n) is 15.9. The van der Waals surface area contributed by atoms with Crippen molar-refractivity contribution in [3.63, 3.8) is 0 Å². The summed E-state index contributed by atoms with van der Waals surface area (Å²) in [5.41, 5.74) is 0.733. The monoisotopic (exact) mass is 436 g/mol. The third-order valence-electron chi connectivity index (χ3n) is 4.81. The fourth-order valence-corrected chi connectivity index (χ4v) is 3.61. The summed E-state index contributed by atoms with van der Waals surface area (Å²) in [6.07, 6.45) is 0. The largest absolute Gasteiger partial charge is 0.477 e. The summed E-state index contributed by atoms with van der Waals surface area (Å²) in [6.45, 7) is 4.06. The molecule has 0 aromatic heterocycles.